The summed E-state index contributed by atoms with van der Waals surface area (Å²) in [5, 5.41) is 13.7. The summed E-state index contributed by atoms with van der Waals surface area (Å²) in [4.78, 5) is 2.37. The van der Waals surface area contributed by atoms with Crippen molar-refractivity contribution in [2.45, 2.75) is 31.2 Å². The van der Waals surface area contributed by atoms with Gasteiger partial charge >= 0.3 is 0 Å². The van der Waals surface area contributed by atoms with Crippen LogP contribution in [0.4, 0.5) is 11.4 Å². The highest BCUT2D eigenvalue weighted by Crippen LogP contribution is 2.52. The van der Waals surface area contributed by atoms with Crippen LogP contribution in [0.15, 0.2) is 136 Å². The predicted octanol–water partition coefficient (Wildman–Crippen LogP) is 11.6. The average molecular weight is 619 g/mol. The molecule has 4 heteroatoms. The van der Waals surface area contributed by atoms with E-state index in [2.05, 4.69) is 127 Å². The molecule has 0 radical (unpaired) electrons. The lowest BCUT2D eigenvalue weighted by Crippen LogP contribution is -2.29. The number of fused-ring (bicyclic) bond motifs is 10. The minimum atomic E-state index is 0.0869. The Labute approximate surface area is 278 Å². The van der Waals surface area contributed by atoms with Gasteiger partial charge in [0.1, 0.15) is 28.6 Å². The number of nitriles is 1. The van der Waals surface area contributed by atoms with Gasteiger partial charge in [-0.3, -0.25) is 0 Å². The van der Waals surface area contributed by atoms with Gasteiger partial charge in [-0.25, -0.2) is 0 Å². The van der Waals surface area contributed by atoms with E-state index in [9.17, 15) is 5.26 Å². The Morgan fingerprint density at radius 2 is 1.54 bits per heavy atom. The summed E-state index contributed by atoms with van der Waals surface area (Å²) in [6.45, 7) is 2.25. The van der Waals surface area contributed by atoms with E-state index in [1.807, 2.05) is 24.3 Å². The standard InChI is InChI=1S/C44H30N2O2/c1-26-22-30(27-10-3-2-4-11-27)24-35-42-40(48-44(26)35)21-20-39-41(42)34-23-28(18-19-38(34)47-39)31-15-9-12-29(25-45)43(31)46-36-16-7-5-13-32(36)33-14-6-8-17-37(33)46/h2-21,23-24,26,32,36H,22H2,1H3. The summed E-state index contributed by atoms with van der Waals surface area (Å²) in [6.07, 6.45) is 12.0. The van der Waals surface area contributed by atoms with Crippen molar-refractivity contribution in [3.8, 4) is 17.2 Å². The minimum Gasteiger partial charge on any atom is -0.460 e. The number of hydrogen-bond acceptors (Lipinski definition) is 4. The topological polar surface area (TPSA) is 53.3 Å². The van der Waals surface area contributed by atoms with Gasteiger partial charge in [-0.1, -0.05) is 98.0 Å². The zero-order chi connectivity index (χ0) is 31.9. The first-order chi connectivity index (χ1) is 23.7. The predicted molar refractivity (Wildman–Crippen MR) is 194 cm³/mol. The maximum absolute atomic E-state index is 10.5. The minimum absolute atomic E-state index is 0.0869. The molecule has 7 aromatic rings. The molecule has 228 valence electrons. The van der Waals surface area contributed by atoms with Crippen LogP contribution in [0.2, 0.25) is 0 Å². The second-order valence-electron chi connectivity index (χ2n) is 13.2. The molecular formula is C44H30N2O2. The zero-order valence-corrected chi connectivity index (χ0v) is 26.4. The van der Waals surface area contributed by atoms with Gasteiger partial charge in [0.25, 0.3) is 0 Å². The molecule has 4 nitrogen and oxygen atoms in total. The molecule has 0 saturated carbocycles. The van der Waals surface area contributed by atoms with Crippen molar-refractivity contribution in [1.82, 2.24) is 0 Å². The third-order valence-electron chi connectivity index (χ3n) is 10.5. The maximum atomic E-state index is 10.5. The quantitative estimate of drug-likeness (QED) is 0.198. The Morgan fingerprint density at radius 3 is 2.42 bits per heavy atom. The molecule has 10 rings (SSSR count). The van der Waals surface area contributed by atoms with E-state index >= 15 is 0 Å². The normalized spacial score (nSPS) is 19.4. The van der Waals surface area contributed by atoms with Crippen molar-refractivity contribution in [2.75, 3.05) is 4.90 Å². The van der Waals surface area contributed by atoms with Crippen molar-refractivity contribution in [3.63, 3.8) is 0 Å². The monoisotopic (exact) mass is 618 g/mol. The highest BCUT2D eigenvalue weighted by atomic mass is 16.3. The van der Waals surface area contributed by atoms with Crippen molar-refractivity contribution < 1.29 is 8.83 Å². The molecule has 0 bridgehead atoms. The van der Waals surface area contributed by atoms with E-state index in [1.165, 1.54) is 16.7 Å². The summed E-state index contributed by atoms with van der Waals surface area (Å²) in [5.41, 5.74) is 12.3. The van der Waals surface area contributed by atoms with Crippen molar-refractivity contribution in [2.24, 2.45) is 0 Å². The Morgan fingerprint density at radius 1 is 0.750 bits per heavy atom. The molecule has 0 saturated heterocycles. The number of anilines is 2. The second kappa shape index (κ2) is 10.2. The lowest BCUT2D eigenvalue weighted by molar-refractivity contribution is 0.506. The van der Waals surface area contributed by atoms with E-state index in [-0.39, 0.29) is 17.9 Å². The lowest BCUT2D eigenvalue weighted by atomic mass is 9.85. The van der Waals surface area contributed by atoms with Gasteiger partial charge < -0.3 is 13.7 Å². The van der Waals surface area contributed by atoms with Gasteiger partial charge in [0.2, 0.25) is 0 Å². The Bertz CT molecular complexity index is 2590. The molecule has 0 amide bonds. The van der Waals surface area contributed by atoms with Gasteiger partial charge in [-0.05, 0) is 71.2 Å². The average Bonchev–Trinajstić information content (AvgIpc) is 3.81. The molecule has 3 aliphatic rings. The number of benzene rings is 5. The molecule has 1 aliphatic heterocycles. The molecule has 2 aromatic heterocycles. The van der Waals surface area contributed by atoms with Crippen LogP contribution in [0.5, 0.6) is 0 Å². The zero-order valence-electron chi connectivity index (χ0n) is 26.4. The SMILES string of the molecule is CC1CC(c2ccccc2)=Cc2c1oc1ccc3oc4ccc(-c5cccc(C#N)c5N5c6ccccc6C6C=CC=CC65)cc4c3c21. The molecule has 3 atom stereocenters. The van der Waals surface area contributed by atoms with Crippen LogP contribution >= 0.6 is 0 Å². The maximum Gasteiger partial charge on any atom is 0.136 e. The summed E-state index contributed by atoms with van der Waals surface area (Å²) >= 11 is 0. The first-order valence-corrected chi connectivity index (χ1v) is 16.6. The molecule has 3 heterocycles. The summed E-state index contributed by atoms with van der Waals surface area (Å²) in [5.74, 6) is 1.51. The van der Waals surface area contributed by atoms with Crippen LogP contribution < -0.4 is 4.90 Å². The number of allylic oxidation sites excluding steroid dienone is 3. The molecule has 0 spiro atoms. The smallest absolute Gasteiger partial charge is 0.136 e. The van der Waals surface area contributed by atoms with Crippen molar-refractivity contribution >= 4 is 55.9 Å². The van der Waals surface area contributed by atoms with Crippen LogP contribution in [0, 0.1) is 11.3 Å². The first kappa shape index (κ1) is 27.1. The fourth-order valence-corrected chi connectivity index (χ4v) is 8.36. The number of nitrogens with zero attached hydrogens (tertiary/aromatic N) is 2. The molecule has 48 heavy (non-hydrogen) atoms. The summed E-state index contributed by atoms with van der Waals surface area (Å²) < 4.78 is 13.1. The van der Waals surface area contributed by atoms with E-state index in [0.717, 1.165) is 73.2 Å². The Hall–Kier alpha value is -6.05. The third kappa shape index (κ3) is 3.82. The van der Waals surface area contributed by atoms with Gasteiger partial charge in [-0.15, -0.1) is 0 Å². The largest absolute Gasteiger partial charge is 0.460 e. The fraction of sp³-hybridized carbons (Fsp3) is 0.114. The number of para-hydroxylation sites is 2. The van der Waals surface area contributed by atoms with Gasteiger partial charge in [0, 0.05) is 44.8 Å². The Balaban J connectivity index is 1.21. The van der Waals surface area contributed by atoms with Gasteiger partial charge in [-0.2, -0.15) is 5.26 Å². The summed E-state index contributed by atoms with van der Waals surface area (Å²) in [6, 6.07) is 38.4. The van der Waals surface area contributed by atoms with Crippen molar-refractivity contribution in [1.29, 1.82) is 5.26 Å². The summed E-state index contributed by atoms with van der Waals surface area (Å²) in [7, 11) is 0. The molecule has 0 N–H and O–H groups in total. The first-order valence-electron chi connectivity index (χ1n) is 16.6. The van der Waals surface area contributed by atoms with Crippen LogP contribution in [0.25, 0.3) is 55.7 Å². The number of rotatable bonds is 3. The van der Waals surface area contributed by atoms with Gasteiger partial charge in [0.15, 0.2) is 0 Å². The molecular weight excluding hydrogens is 588 g/mol. The van der Waals surface area contributed by atoms with E-state index in [0.29, 0.717) is 5.56 Å². The van der Waals surface area contributed by atoms with E-state index in [4.69, 9.17) is 8.83 Å². The fourth-order valence-electron chi connectivity index (χ4n) is 8.36. The molecule has 0 fully saturated rings. The highest BCUT2D eigenvalue weighted by Gasteiger charge is 2.39. The van der Waals surface area contributed by atoms with E-state index in [1.54, 1.807) is 0 Å². The number of hydrogen-bond donors (Lipinski definition) is 0. The highest BCUT2D eigenvalue weighted by molar-refractivity contribution is 6.21. The van der Waals surface area contributed by atoms with E-state index < -0.39 is 0 Å². The molecule has 3 unspecified atom stereocenters. The number of furan rings is 2. The van der Waals surface area contributed by atoms with Crippen molar-refractivity contribution in [3.05, 3.63) is 155 Å². The molecule has 2 aliphatic carbocycles. The van der Waals surface area contributed by atoms with Crippen LogP contribution in [0.3, 0.4) is 0 Å². The Kier molecular flexibility index (Phi) is 5.77. The third-order valence-corrected chi connectivity index (χ3v) is 10.5. The van der Waals surface area contributed by atoms with Gasteiger partial charge in [0.05, 0.1) is 17.3 Å². The lowest BCUT2D eigenvalue weighted by Gasteiger charge is -2.31. The van der Waals surface area contributed by atoms with Crippen LogP contribution in [-0.2, 0) is 0 Å². The van der Waals surface area contributed by atoms with Crippen LogP contribution in [-0.4, -0.2) is 6.04 Å². The second-order valence-corrected chi connectivity index (χ2v) is 13.2. The molecule has 5 aromatic carbocycles. The van der Waals surface area contributed by atoms with Crippen LogP contribution in [0.1, 0.15) is 53.2 Å².